The average Bonchev–Trinajstić information content (AvgIpc) is 3.19. The van der Waals surface area contributed by atoms with Crippen LogP contribution in [0.2, 0.25) is 0 Å². The van der Waals surface area contributed by atoms with E-state index < -0.39 is 5.82 Å². The normalized spacial score (nSPS) is 15.4. The van der Waals surface area contributed by atoms with Gasteiger partial charge in [0.25, 0.3) is 0 Å². The van der Waals surface area contributed by atoms with E-state index in [0.717, 1.165) is 16.7 Å². The van der Waals surface area contributed by atoms with Crippen molar-refractivity contribution in [3.8, 4) is 5.75 Å². The summed E-state index contributed by atoms with van der Waals surface area (Å²) in [5.41, 5.74) is 3.66. The Morgan fingerprint density at radius 3 is 2.64 bits per heavy atom. The van der Waals surface area contributed by atoms with Crippen molar-refractivity contribution in [2.45, 2.75) is 38.3 Å². The van der Waals surface area contributed by atoms with E-state index in [1.165, 1.54) is 6.07 Å². The van der Waals surface area contributed by atoms with Crippen molar-refractivity contribution in [1.29, 1.82) is 0 Å². The third-order valence-corrected chi connectivity index (χ3v) is 5.83. The highest BCUT2D eigenvalue weighted by Gasteiger charge is 2.25. The summed E-state index contributed by atoms with van der Waals surface area (Å²) in [6.07, 6.45) is 1.20. The van der Waals surface area contributed by atoms with E-state index in [9.17, 15) is 19.1 Å². The molecule has 2 unspecified atom stereocenters. The number of phenols is 1. The van der Waals surface area contributed by atoms with Gasteiger partial charge in [-0.25, -0.2) is 9.18 Å². The molecule has 0 heterocycles. The lowest BCUT2D eigenvalue weighted by molar-refractivity contribution is -0.115. The van der Waals surface area contributed by atoms with Crippen LogP contribution < -0.4 is 16.0 Å². The van der Waals surface area contributed by atoms with E-state index in [1.807, 2.05) is 19.1 Å². The highest BCUT2D eigenvalue weighted by Crippen LogP contribution is 2.29. The zero-order valence-corrected chi connectivity index (χ0v) is 18.3. The highest BCUT2D eigenvalue weighted by atomic mass is 19.1. The Morgan fingerprint density at radius 1 is 1.06 bits per heavy atom. The number of halogens is 1. The third-order valence-electron chi connectivity index (χ3n) is 5.83. The minimum atomic E-state index is -0.411. The van der Waals surface area contributed by atoms with Crippen LogP contribution in [0.25, 0.3) is 0 Å². The largest absolute Gasteiger partial charge is 0.508 e. The number of fused-ring (bicyclic) bond motifs is 1. The molecule has 3 amide bonds. The van der Waals surface area contributed by atoms with E-state index in [4.69, 9.17) is 0 Å². The first-order valence-electron chi connectivity index (χ1n) is 10.9. The summed E-state index contributed by atoms with van der Waals surface area (Å²) in [4.78, 5) is 24.9. The van der Waals surface area contributed by atoms with Crippen LogP contribution in [0.15, 0.2) is 66.7 Å². The lowest BCUT2D eigenvalue weighted by Gasteiger charge is -2.18. The van der Waals surface area contributed by atoms with Crippen LogP contribution in [-0.4, -0.2) is 23.1 Å². The van der Waals surface area contributed by atoms with Gasteiger partial charge in [-0.3, -0.25) is 4.79 Å². The lowest BCUT2D eigenvalue weighted by Crippen LogP contribution is -2.43. The second kappa shape index (κ2) is 9.73. The van der Waals surface area contributed by atoms with Gasteiger partial charge in [0.1, 0.15) is 11.6 Å². The van der Waals surface area contributed by atoms with Crippen LogP contribution in [0.5, 0.6) is 5.75 Å². The number of aromatic hydroxyl groups is 1. The van der Waals surface area contributed by atoms with E-state index in [-0.39, 0.29) is 36.2 Å². The molecular formula is C26H26FN3O3. The van der Waals surface area contributed by atoms with Crippen molar-refractivity contribution in [3.63, 3.8) is 0 Å². The molecule has 0 bridgehead atoms. The first-order chi connectivity index (χ1) is 15.9. The summed E-state index contributed by atoms with van der Waals surface area (Å²) in [5.74, 6) is -0.468. The molecule has 2 atom stereocenters. The molecule has 0 saturated heterocycles. The van der Waals surface area contributed by atoms with Gasteiger partial charge < -0.3 is 21.1 Å². The van der Waals surface area contributed by atoms with Gasteiger partial charge in [-0.05, 0) is 66.3 Å². The zero-order chi connectivity index (χ0) is 23.4. The Balaban J connectivity index is 1.31. The molecule has 1 aliphatic carbocycles. The fraction of sp³-hybridized carbons (Fsp3) is 0.231. The summed E-state index contributed by atoms with van der Waals surface area (Å²) in [6.45, 7) is 1.86. The lowest BCUT2D eigenvalue weighted by atomic mass is 10.1. The molecule has 3 aromatic carbocycles. The van der Waals surface area contributed by atoms with Gasteiger partial charge in [0.05, 0.1) is 12.5 Å². The quantitative estimate of drug-likeness (QED) is 0.456. The number of hydrogen-bond donors (Lipinski definition) is 4. The monoisotopic (exact) mass is 447 g/mol. The smallest absolute Gasteiger partial charge is 0.315 e. The summed E-state index contributed by atoms with van der Waals surface area (Å²) in [6, 6.07) is 18.1. The highest BCUT2D eigenvalue weighted by molar-refractivity contribution is 5.92. The number of hydrogen-bond acceptors (Lipinski definition) is 3. The second-order valence-corrected chi connectivity index (χ2v) is 8.30. The van der Waals surface area contributed by atoms with Crippen LogP contribution in [0.4, 0.5) is 14.9 Å². The SMILES string of the molecule is CC(NC(=O)NC1Cc2cccc(O)c2C1)c1cccc(NC(=O)Cc2ccccc2F)c1. The average molecular weight is 448 g/mol. The number of amides is 3. The molecule has 0 saturated carbocycles. The Hall–Kier alpha value is -3.87. The molecule has 0 fully saturated rings. The minimum absolute atomic E-state index is 0.0631. The van der Waals surface area contributed by atoms with Gasteiger partial charge in [0.2, 0.25) is 5.91 Å². The van der Waals surface area contributed by atoms with Gasteiger partial charge >= 0.3 is 6.03 Å². The van der Waals surface area contributed by atoms with Crippen molar-refractivity contribution >= 4 is 17.6 Å². The molecule has 6 nitrogen and oxygen atoms in total. The Kier molecular flexibility index (Phi) is 6.58. The summed E-state index contributed by atoms with van der Waals surface area (Å²) < 4.78 is 13.8. The molecular weight excluding hydrogens is 421 g/mol. The van der Waals surface area contributed by atoms with Gasteiger partial charge in [-0.1, -0.05) is 42.5 Å². The van der Waals surface area contributed by atoms with Crippen LogP contribution in [0.3, 0.4) is 0 Å². The van der Waals surface area contributed by atoms with E-state index >= 15 is 0 Å². The predicted molar refractivity (Wildman–Crippen MR) is 125 cm³/mol. The molecule has 3 aromatic rings. The fourth-order valence-electron chi connectivity index (χ4n) is 4.15. The molecule has 0 radical (unpaired) electrons. The first-order valence-corrected chi connectivity index (χ1v) is 10.9. The molecule has 4 N–H and O–H groups in total. The van der Waals surface area contributed by atoms with Crippen molar-refractivity contribution in [2.75, 3.05) is 5.32 Å². The first kappa shape index (κ1) is 22.3. The zero-order valence-electron chi connectivity index (χ0n) is 18.3. The number of anilines is 1. The summed E-state index contributed by atoms with van der Waals surface area (Å²) in [5, 5.41) is 18.7. The molecule has 1 aliphatic rings. The number of phenolic OH excluding ortho intramolecular Hbond substituents is 1. The summed E-state index contributed by atoms with van der Waals surface area (Å²) in [7, 11) is 0. The van der Waals surface area contributed by atoms with Crippen LogP contribution in [0.1, 0.15) is 35.2 Å². The number of benzene rings is 3. The van der Waals surface area contributed by atoms with Gasteiger partial charge in [-0.2, -0.15) is 0 Å². The maximum Gasteiger partial charge on any atom is 0.315 e. The van der Waals surface area contributed by atoms with E-state index in [2.05, 4.69) is 16.0 Å². The van der Waals surface area contributed by atoms with Gasteiger partial charge in [0, 0.05) is 11.7 Å². The van der Waals surface area contributed by atoms with E-state index in [0.29, 0.717) is 24.1 Å². The predicted octanol–water partition coefficient (Wildman–Crippen LogP) is 4.24. The van der Waals surface area contributed by atoms with Crippen molar-refractivity contribution in [3.05, 3.63) is 94.8 Å². The van der Waals surface area contributed by atoms with Gasteiger partial charge in [0.15, 0.2) is 0 Å². The van der Waals surface area contributed by atoms with Crippen molar-refractivity contribution in [2.24, 2.45) is 0 Å². The van der Waals surface area contributed by atoms with E-state index in [1.54, 1.807) is 48.5 Å². The molecule has 4 rings (SSSR count). The molecule has 0 aromatic heterocycles. The Bertz CT molecular complexity index is 1180. The Morgan fingerprint density at radius 2 is 1.85 bits per heavy atom. The molecule has 170 valence electrons. The molecule has 7 heteroatoms. The molecule has 0 spiro atoms. The maximum atomic E-state index is 13.8. The second-order valence-electron chi connectivity index (χ2n) is 8.30. The topological polar surface area (TPSA) is 90.5 Å². The molecule has 0 aliphatic heterocycles. The van der Waals surface area contributed by atoms with Crippen molar-refractivity contribution < 1.29 is 19.1 Å². The number of urea groups is 1. The van der Waals surface area contributed by atoms with Crippen LogP contribution in [-0.2, 0) is 24.1 Å². The number of nitrogens with one attached hydrogen (secondary N) is 3. The summed E-state index contributed by atoms with van der Waals surface area (Å²) >= 11 is 0. The number of carbonyl (C=O) groups is 2. The van der Waals surface area contributed by atoms with Crippen molar-refractivity contribution in [1.82, 2.24) is 10.6 Å². The van der Waals surface area contributed by atoms with Crippen LogP contribution >= 0.6 is 0 Å². The molecule has 33 heavy (non-hydrogen) atoms. The minimum Gasteiger partial charge on any atom is -0.508 e. The third kappa shape index (κ3) is 5.49. The number of rotatable bonds is 6. The standard InChI is InChI=1S/C26H26FN3O3/c1-16(28-26(33)30-21-13-18-8-5-11-24(31)22(18)15-21)17-7-4-9-20(12-17)29-25(32)14-19-6-2-3-10-23(19)27/h2-12,16,21,31H,13-15H2,1H3,(H,29,32)(H2,28,30,33). The fourth-order valence-corrected chi connectivity index (χ4v) is 4.15. The Labute approximate surface area is 191 Å². The number of carbonyl (C=O) groups excluding carboxylic acids is 2. The van der Waals surface area contributed by atoms with Gasteiger partial charge in [-0.15, -0.1) is 0 Å². The maximum absolute atomic E-state index is 13.8. The van der Waals surface area contributed by atoms with Crippen LogP contribution in [0, 0.1) is 5.82 Å².